The van der Waals surface area contributed by atoms with Crippen LogP contribution >= 0.6 is 0 Å². The molecule has 0 spiro atoms. The lowest BCUT2D eigenvalue weighted by Crippen LogP contribution is -2.39. The topological polar surface area (TPSA) is 42.0 Å². The summed E-state index contributed by atoms with van der Waals surface area (Å²) >= 11 is 0. The molecular formula is C19H28N2O3. The molecule has 5 heteroatoms. The number of aryl methyl sites for hydroxylation is 1. The quantitative estimate of drug-likeness (QED) is 0.826. The van der Waals surface area contributed by atoms with Gasteiger partial charge in [0, 0.05) is 45.2 Å². The Balaban J connectivity index is 1.46. The molecule has 1 aromatic rings. The summed E-state index contributed by atoms with van der Waals surface area (Å²) in [6.07, 6.45) is 3.56. The Kier molecular flexibility index (Phi) is 6.10. The molecule has 0 aliphatic carbocycles. The van der Waals surface area contributed by atoms with Gasteiger partial charge in [-0.1, -0.05) is 12.1 Å². The minimum Gasteiger partial charge on any atom is -0.497 e. The van der Waals surface area contributed by atoms with Gasteiger partial charge in [-0.3, -0.25) is 9.69 Å². The van der Waals surface area contributed by atoms with Crippen LogP contribution in [0, 0.1) is 0 Å². The molecule has 24 heavy (non-hydrogen) atoms. The van der Waals surface area contributed by atoms with Gasteiger partial charge < -0.3 is 14.4 Å². The first-order chi connectivity index (χ1) is 11.8. The van der Waals surface area contributed by atoms with Crippen molar-refractivity contribution in [2.24, 2.45) is 0 Å². The number of benzene rings is 1. The molecule has 2 aliphatic rings. The number of ether oxygens (including phenoxy) is 2. The Bertz CT molecular complexity index is 526. The minimum absolute atomic E-state index is 0.273. The van der Waals surface area contributed by atoms with Crippen LogP contribution in [0.3, 0.4) is 0 Å². The van der Waals surface area contributed by atoms with Crippen LogP contribution in [0.2, 0.25) is 0 Å². The van der Waals surface area contributed by atoms with Crippen LogP contribution in [0.15, 0.2) is 24.3 Å². The van der Waals surface area contributed by atoms with E-state index in [2.05, 4.69) is 4.90 Å². The van der Waals surface area contributed by atoms with Gasteiger partial charge in [0.1, 0.15) is 5.75 Å². The van der Waals surface area contributed by atoms with E-state index in [4.69, 9.17) is 9.47 Å². The third-order valence-electron chi connectivity index (χ3n) is 5.09. The highest BCUT2D eigenvalue weighted by Gasteiger charge is 2.26. The molecule has 1 amide bonds. The average molecular weight is 332 g/mol. The molecule has 2 saturated heterocycles. The number of carbonyl (C=O) groups excluding carboxylic acids is 1. The molecule has 2 aliphatic heterocycles. The van der Waals surface area contributed by atoms with E-state index in [0.29, 0.717) is 12.5 Å². The van der Waals surface area contributed by atoms with Crippen molar-refractivity contribution in [1.29, 1.82) is 0 Å². The molecule has 1 aromatic carbocycles. The van der Waals surface area contributed by atoms with Crippen molar-refractivity contribution in [3.05, 3.63) is 29.8 Å². The van der Waals surface area contributed by atoms with E-state index in [1.54, 1.807) is 7.11 Å². The molecule has 0 saturated carbocycles. The van der Waals surface area contributed by atoms with Crippen molar-refractivity contribution in [1.82, 2.24) is 9.80 Å². The second kappa shape index (κ2) is 8.49. The van der Waals surface area contributed by atoms with E-state index in [-0.39, 0.29) is 5.91 Å². The van der Waals surface area contributed by atoms with Gasteiger partial charge in [-0.25, -0.2) is 0 Å². The van der Waals surface area contributed by atoms with Crippen molar-refractivity contribution < 1.29 is 14.3 Å². The number of carbonyl (C=O) groups is 1. The van der Waals surface area contributed by atoms with Crippen LogP contribution in [0.5, 0.6) is 5.75 Å². The van der Waals surface area contributed by atoms with E-state index in [9.17, 15) is 4.79 Å². The van der Waals surface area contributed by atoms with Gasteiger partial charge >= 0.3 is 0 Å². The van der Waals surface area contributed by atoms with E-state index in [1.807, 2.05) is 29.2 Å². The molecule has 132 valence electrons. The first kappa shape index (κ1) is 17.2. The van der Waals surface area contributed by atoms with E-state index in [0.717, 1.165) is 64.4 Å². The molecule has 1 unspecified atom stereocenters. The molecule has 1 atom stereocenters. The molecule has 2 heterocycles. The fourth-order valence-corrected chi connectivity index (χ4v) is 3.56. The fourth-order valence-electron chi connectivity index (χ4n) is 3.56. The van der Waals surface area contributed by atoms with E-state index in [1.165, 1.54) is 5.56 Å². The number of hydrogen-bond donors (Lipinski definition) is 0. The zero-order valence-electron chi connectivity index (χ0n) is 14.6. The third-order valence-corrected chi connectivity index (χ3v) is 5.09. The average Bonchev–Trinajstić information content (AvgIpc) is 3.04. The number of nitrogens with zero attached hydrogens (tertiary/aromatic N) is 2. The van der Waals surface area contributed by atoms with Crippen LogP contribution in [-0.4, -0.2) is 68.3 Å². The maximum Gasteiger partial charge on any atom is 0.222 e. The second-order valence-electron chi connectivity index (χ2n) is 6.64. The summed E-state index contributed by atoms with van der Waals surface area (Å²) in [5, 5.41) is 0. The highest BCUT2D eigenvalue weighted by Crippen LogP contribution is 2.16. The maximum atomic E-state index is 12.5. The predicted octanol–water partition coefficient (Wildman–Crippen LogP) is 1.95. The number of rotatable bonds is 5. The van der Waals surface area contributed by atoms with Crippen molar-refractivity contribution >= 4 is 5.91 Å². The van der Waals surface area contributed by atoms with Crippen molar-refractivity contribution in [2.45, 2.75) is 31.7 Å². The molecule has 0 bridgehead atoms. The zero-order valence-corrected chi connectivity index (χ0v) is 14.6. The van der Waals surface area contributed by atoms with Gasteiger partial charge in [-0.05, 0) is 37.0 Å². The summed E-state index contributed by atoms with van der Waals surface area (Å²) in [6.45, 7) is 5.51. The van der Waals surface area contributed by atoms with Crippen LogP contribution in [0.1, 0.15) is 24.8 Å². The third kappa shape index (κ3) is 4.48. The Labute approximate surface area is 144 Å². The van der Waals surface area contributed by atoms with Gasteiger partial charge in [-0.15, -0.1) is 0 Å². The molecule has 5 nitrogen and oxygen atoms in total. The number of hydrogen-bond acceptors (Lipinski definition) is 4. The van der Waals surface area contributed by atoms with Crippen molar-refractivity contribution in [2.75, 3.05) is 46.5 Å². The van der Waals surface area contributed by atoms with Crippen LogP contribution in [-0.2, 0) is 16.0 Å². The van der Waals surface area contributed by atoms with E-state index < -0.39 is 0 Å². The fraction of sp³-hybridized carbons (Fsp3) is 0.632. The molecular weight excluding hydrogens is 304 g/mol. The molecule has 2 fully saturated rings. The van der Waals surface area contributed by atoms with Gasteiger partial charge in [0.2, 0.25) is 5.91 Å². The second-order valence-corrected chi connectivity index (χ2v) is 6.64. The molecule has 0 radical (unpaired) electrons. The Morgan fingerprint density at radius 3 is 2.75 bits per heavy atom. The summed E-state index contributed by atoms with van der Waals surface area (Å²) in [7, 11) is 1.67. The maximum absolute atomic E-state index is 12.5. The minimum atomic E-state index is 0.273. The van der Waals surface area contributed by atoms with Crippen LogP contribution in [0.4, 0.5) is 0 Å². The normalized spacial score (nSPS) is 22.4. The van der Waals surface area contributed by atoms with Crippen molar-refractivity contribution in [3.8, 4) is 5.75 Å². The number of methoxy groups -OCH3 is 1. The largest absolute Gasteiger partial charge is 0.497 e. The molecule has 3 rings (SSSR count). The van der Waals surface area contributed by atoms with E-state index >= 15 is 0 Å². The Morgan fingerprint density at radius 1 is 1.21 bits per heavy atom. The first-order valence-electron chi connectivity index (χ1n) is 8.99. The lowest BCUT2D eigenvalue weighted by atomic mass is 10.1. The summed E-state index contributed by atoms with van der Waals surface area (Å²) in [5.74, 6) is 1.13. The standard InChI is InChI=1S/C19H28N2O3/c1-23-18-6-3-16(4-7-18)5-8-19(22)21-11-2-10-20(12-13-21)17-9-14-24-15-17/h3-4,6-7,17H,2,5,8-15H2,1H3. The van der Waals surface area contributed by atoms with Gasteiger partial charge in [-0.2, -0.15) is 0 Å². The lowest BCUT2D eigenvalue weighted by molar-refractivity contribution is -0.131. The molecule has 0 aromatic heterocycles. The van der Waals surface area contributed by atoms with Crippen LogP contribution < -0.4 is 4.74 Å². The Morgan fingerprint density at radius 2 is 2.04 bits per heavy atom. The SMILES string of the molecule is COc1ccc(CCC(=O)N2CCCN(C3CCOC3)CC2)cc1. The number of amides is 1. The summed E-state index contributed by atoms with van der Waals surface area (Å²) in [5.41, 5.74) is 1.18. The summed E-state index contributed by atoms with van der Waals surface area (Å²) < 4.78 is 10.7. The van der Waals surface area contributed by atoms with Gasteiger partial charge in [0.25, 0.3) is 0 Å². The highest BCUT2D eigenvalue weighted by atomic mass is 16.5. The smallest absolute Gasteiger partial charge is 0.222 e. The predicted molar refractivity (Wildman–Crippen MR) is 93.3 cm³/mol. The highest BCUT2D eigenvalue weighted by molar-refractivity contribution is 5.76. The van der Waals surface area contributed by atoms with Crippen molar-refractivity contribution in [3.63, 3.8) is 0 Å². The zero-order chi connectivity index (χ0) is 16.8. The Hall–Kier alpha value is -1.59. The molecule has 0 N–H and O–H groups in total. The monoisotopic (exact) mass is 332 g/mol. The van der Waals surface area contributed by atoms with Gasteiger partial charge in [0.05, 0.1) is 13.7 Å². The summed E-state index contributed by atoms with van der Waals surface area (Å²) in [4.78, 5) is 17.1. The van der Waals surface area contributed by atoms with Crippen LogP contribution in [0.25, 0.3) is 0 Å². The summed E-state index contributed by atoms with van der Waals surface area (Å²) in [6, 6.07) is 8.53. The first-order valence-corrected chi connectivity index (χ1v) is 8.99. The lowest BCUT2D eigenvalue weighted by Gasteiger charge is -2.26. The van der Waals surface area contributed by atoms with Gasteiger partial charge in [0.15, 0.2) is 0 Å².